The van der Waals surface area contributed by atoms with Crippen LogP contribution in [0.25, 0.3) is 10.8 Å². The highest BCUT2D eigenvalue weighted by atomic mass is 16.2. The topological polar surface area (TPSA) is 56.4 Å². The molecule has 3 aromatic rings. The fourth-order valence-corrected chi connectivity index (χ4v) is 3.54. The normalized spacial score (nSPS) is 15.3. The largest absolute Gasteiger partial charge is 0.336 e. The second-order valence-corrected chi connectivity index (χ2v) is 6.62. The molecule has 0 aliphatic carbocycles. The van der Waals surface area contributed by atoms with Gasteiger partial charge in [0, 0.05) is 38.9 Å². The van der Waals surface area contributed by atoms with E-state index >= 15 is 0 Å². The Bertz CT molecular complexity index is 982. The average molecular weight is 347 g/mol. The molecule has 1 saturated heterocycles. The van der Waals surface area contributed by atoms with Gasteiger partial charge in [0.25, 0.3) is 11.5 Å². The fourth-order valence-electron chi connectivity index (χ4n) is 3.54. The van der Waals surface area contributed by atoms with Gasteiger partial charge in [-0.05, 0) is 28.5 Å². The Labute approximate surface area is 151 Å². The third-order valence-electron chi connectivity index (χ3n) is 4.98. The minimum atomic E-state index is -0.323. The first-order valence-corrected chi connectivity index (χ1v) is 8.88. The van der Waals surface area contributed by atoms with E-state index in [0.717, 1.165) is 19.6 Å². The summed E-state index contributed by atoms with van der Waals surface area (Å²) < 4.78 is 0. The molecule has 0 radical (unpaired) electrons. The molecule has 0 bridgehead atoms. The molecule has 26 heavy (non-hydrogen) atoms. The van der Waals surface area contributed by atoms with E-state index in [1.165, 1.54) is 16.3 Å². The predicted molar refractivity (Wildman–Crippen MR) is 102 cm³/mol. The number of amides is 1. The van der Waals surface area contributed by atoms with Crippen LogP contribution in [0.1, 0.15) is 15.9 Å². The van der Waals surface area contributed by atoms with E-state index in [-0.39, 0.29) is 17.0 Å². The molecule has 4 rings (SSSR count). The molecule has 0 spiro atoms. The number of rotatable bonds is 3. The van der Waals surface area contributed by atoms with Gasteiger partial charge in [0.1, 0.15) is 5.56 Å². The number of carbonyl (C=O) groups is 1. The molecule has 1 amide bonds. The number of benzene rings is 2. The number of H-pyrrole nitrogens is 1. The van der Waals surface area contributed by atoms with E-state index in [2.05, 4.69) is 52.3 Å². The maximum atomic E-state index is 12.5. The molecule has 0 atom stereocenters. The number of nitrogens with zero attached hydrogens (tertiary/aromatic N) is 2. The average Bonchev–Trinajstić information content (AvgIpc) is 2.69. The van der Waals surface area contributed by atoms with Crippen LogP contribution in [0.2, 0.25) is 0 Å². The Morgan fingerprint density at radius 3 is 2.50 bits per heavy atom. The standard InChI is InChI=1S/C21H21N3O2/c25-20-19(9-4-10-22-20)21(26)24-13-11-23(12-14-24)15-17-7-3-6-16-5-1-2-8-18(16)17/h1-10H,11-15H2,(H,22,25). The minimum absolute atomic E-state index is 0.184. The predicted octanol–water partition coefficient (Wildman–Crippen LogP) is 2.49. The van der Waals surface area contributed by atoms with Gasteiger partial charge in [-0.25, -0.2) is 0 Å². The Morgan fingerprint density at radius 2 is 1.69 bits per heavy atom. The van der Waals surface area contributed by atoms with Crippen molar-refractivity contribution in [3.63, 3.8) is 0 Å². The Kier molecular flexibility index (Phi) is 4.54. The molecule has 5 nitrogen and oxygen atoms in total. The van der Waals surface area contributed by atoms with E-state index in [1.807, 2.05) is 0 Å². The van der Waals surface area contributed by atoms with Crippen LogP contribution in [0, 0.1) is 0 Å². The second kappa shape index (κ2) is 7.14. The monoisotopic (exact) mass is 347 g/mol. The summed E-state index contributed by atoms with van der Waals surface area (Å²) in [7, 11) is 0. The van der Waals surface area contributed by atoms with Crippen molar-refractivity contribution in [3.05, 3.63) is 82.3 Å². The molecule has 5 heteroatoms. The van der Waals surface area contributed by atoms with Crippen LogP contribution in [0.15, 0.2) is 65.6 Å². The van der Waals surface area contributed by atoms with Gasteiger partial charge in [-0.3, -0.25) is 14.5 Å². The lowest BCUT2D eigenvalue weighted by molar-refractivity contribution is 0.0627. The molecular weight excluding hydrogens is 326 g/mol. The number of fused-ring (bicyclic) bond motifs is 1. The molecule has 1 N–H and O–H groups in total. The van der Waals surface area contributed by atoms with Gasteiger partial charge in [-0.1, -0.05) is 42.5 Å². The number of carbonyl (C=O) groups excluding carboxylic acids is 1. The third-order valence-corrected chi connectivity index (χ3v) is 4.98. The zero-order chi connectivity index (χ0) is 17.9. The zero-order valence-corrected chi connectivity index (χ0v) is 14.5. The fraction of sp³-hybridized carbons (Fsp3) is 0.238. The molecule has 2 aromatic carbocycles. The van der Waals surface area contributed by atoms with E-state index in [4.69, 9.17) is 0 Å². The molecule has 1 aliphatic heterocycles. The van der Waals surface area contributed by atoms with Crippen molar-refractivity contribution < 1.29 is 4.79 Å². The first-order chi connectivity index (χ1) is 12.7. The summed E-state index contributed by atoms with van der Waals surface area (Å²) in [5.74, 6) is -0.184. The van der Waals surface area contributed by atoms with Crippen LogP contribution in [0.3, 0.4) is 0 Å². The van der Waals surface area contributed by atoms with Gasteiger partial charge in [0.2, 0.25) is 0 Å². The summed E-state index contributed by atoms with van der Waals surface area (Å²) in [6, 6.07) is 18.1. The lowest BCUT2D eigenvalue weighted by atomic mass is 10.0. The number of hydrogen-bond acceptors (Lipinski definition) is 3. The van der Waals surface area contributed by atoms with Crippen LogP contribution in [-0.4, -0.2) is 46.9 Å². The van der Waals surface area contributed by atoms with Crippen molar-refractivity contribution in [2.75, 3.05) is 26.2 Å². The molecule has 1 aromatic heterocycles. The highest BCUT2D eigenvalue weighted by Crippen LogP contribution is 2.20. The van der Waals surface area contributed by atoms with Crippen molar-refractivity contribution >= 4 is 16.7 Å². The number of hydrogen-bond donors (Lipinski definition) is 1. The van der Waals surface area contributed by atoms with Crippen LogP contribution < -0.4 is 5.56 Å². The van der Waals surface area contributed by atoms with E-state index in [0.29, 0.717) is 13.1 Å². The summed E-state index contributed by atoms with van der Waals surface area (Å²) in [6.07, 6.45) is 1.54. The van der Waals surface area contributed by atoms with Gasteiger partial charge >= 0.3 is 0 Å². The summed E-state index contributed by atoms with van der Waals surface area (Å²) in [5, 5.41) is 2.53. The third kappa shape index (κ3) is 3.26. The van der Waals surface area contributed by atoms with Crippen molar-refractivity contribution in [1.82, 2.24) is 14.8 Å². The maximum Gasteiger partial charge on any atom is 0.260 e. The van der Waals surface area contributed by atoms with Crippen LogP contribution in [0.5, 0.6) is 0 Å². The van der Waals surface area contributed by atoms with Gasteiger partial charge in [-0.2, -0.15) is 0 Å². The number of nitrogens with one attached hydrogen (secondary N) is 1. The Morgan fingerprint density at radius 1 is 0.923 bits per heavy atom. The molecule has 0 saturated carbocycles. The van der Waals surface area contributed by atoms with Gasteiger partial charge < -0.3 is 9.88 Å². The van der Waals surface area contributed by atoms with E-state index in [9.17, 15) is 9.59 Å². The van der Waals surface area contributed by atoms with Gasteiger partial charge in [0.15, 0.2) is 0 Å². The molecule has 1 fully saturated rings. The quantitative estimate of drug-likeness (QED) is 0.792. The molecular formula is C21H21N3O2. The minimum Gasteiger partial charge on any atom is -0.336 e. The van der Waals surface area contributed by atoms with Crippen molar-refractivity contribution in [2.24, 2.45) is 0 Å². The second-order valence-electron chi connectivity index (χ2n) is 6.62. The lowest BCUT2D eigenvalue weighted by Crippen LogP contribution is -2.49. The summed E-state index contributed by atoms with van der Waals surface area (Å²) in [6.45, 7) is 3.75. The van der Waals surface area contributed by atoms with Crippen molar-refractivity contribution in [3.8, 4) is 0 Å². The van der Waals surface area contributed by atoms with Crippen LogP contribution in [-0.2, 0) is 6.54 Å². The number of piperazine rings is 1. The Hall–Kier alpha value is -2.92. The number of aromatic nitrogens is 1. The Balaban J connectivity index is 1.43. The number of pyridine rings is 1. The van der Waals surface area contributed by atoms with Crippen molar-refractivity contribution in [1.29, 1.82) is 0 Å². The molecule has 132 valence electrons. The maximum absolute atomic E-state index is 12.5. The van der Waals surface area contributed by atoms with Gasteiger partial charge in [0.05, 0.1) is 0 Å². The molecule has 2 heterocycles. The summed E-state index contributed by atoms with van der Waals surface area (Å²) in [5.41, 5.74) is 1.20. The first-order valence-electron chi connectivity index (χ1n) is 8.88. The smallest absolute Gasteiger partial charge is 0.260 e. The highest BCUT2D eigenvalue weighted by molar-refractivity contribution is 5.93. The van der Waals surface area contributed by atoms with E-state index < -0.39 is 0 Å². The molecule has 0 unspecified atom stereocenters. The van der Waals surface area contributed by atoms with Gasteiger partial charge in [-0.15, -0.1) is 0 Å². The lowest BCUT2D eigenvalue weighted by Gasteiger charge is -2.34. The summed E-state index contributed by atoms with van der Waals surface area (Å²) >= 11 is 0. The SMILES string of the molecule is O=C(c1ccc[nH]c1=O)N1CCN(Cc2cccc3ccccc23)CC1. The first kappa shape index (κ1) is 16.5. The zero-order valence-electron chi connectivity index (χ0n) is 14.5. The molecule has 1 aliphatic rings. The summed E-state index contributed by atoms with van der Waals surface area (Å²) in [4.78, 5) is 31.1. The van der Waals surface area contributed by atoms with Crippen molar-refractivity contribution in [2.45, 2.75) is 6.54 Å². The highest BCUT2D eigenvalue weighted by Gasteiger charge is 2.23. The van der Waals surface area contributed by atoms with Crippen LogP contribution in [0.4, 0.5) is 0 Å². The van der Waals surface area contributed by atoms with Crippen LogP contribution >= 0.6 is 0 Å². The number of aromatic amines is 1. The van der Waals surface area contributed by atoms with E-state index in [1.54, 1.807) is 23.2 Å².